The van der Waals surface area contributed by atoms with Crippen LogP contribution in [0, 0.1) is 5.82 Å². The fraction of sp³-hybridized carbons (Fsp3) is 0.125. The lowest BCUT2D eigenvalue weighted by molar-refractivity contribution is 0.628. The van der Waals surface area contributed by atoms with Crippen LogP contribution in [0.15, 0.2) is 54.9 Å². The highest BCUT2D eigenvalue weighted by atomic mass is 19.1. The molecule has 0 bridgehead atoms. The van der Waals surface area contributed by atoms with E-state index in [9.17, 15) is 4.39 Å². The van der Waals surface area contributed by atoms with E-state index in [4.69, 9.17) is 0 Å². The molecule has 116 valence electrons. The normalized spacial score (nSPS) is 10.3. The molecule has 2 aromatic heterocycles. The average Bonchev–Trinajstić information content (AvgIpc) is 2.61. The number of nitrogens with zero attached hydrogens (tertiary/aromatic N) is 4. The van der Waals surface area contributed by atoms with Crippen LogP contribution in [-0.4, -0.2) is 33.3 Å². The molecular formula is C16H15FN6. The Hall–Kier alpha value is -3.09. The second-order valence-corrected chi connectivity index (χ2v) is 4.74. The Morgan fingerprint density at radius 2 is 1.57 bits per heavy atom. The highest BCUT2D eigenvalue weighted by molar-refractivity contribution is 5.59. The van der Waals surface area contributed by atoms with Crippen LogP contribution in [0.5, 0.6) is 0 Å². The van der Waals surface area contributed by atoms with E-state index in [0.29, 0.717) is 30.5 Å². The summed E-state index contributed by atoms with van der Waals surface area (Å²) in [5.41, 5.74) is 1.53. The van der Waals surface area contributed by atoms with Crippen molar-refractivity contribution in [2.24, 2.45) is 0 Å². The number of hydrogen-bond acceptors (Lipinski definition) is 6. The maximum Gasteiger partial charge on any atom is 0.222 e. The van der Waals surface area contributed by atoms with Gasteiger partial charge in [0.15, 0.2) is 0 Å². The molecule has 0 unspecified atom stereocenters. The highest BCUT2D eigenvalue weighted by Gasteiger charge is 2.01. The van der Waals surface area contributed by atoms with Gasteiger partial charge in [0.05, 0.1) is 5.69 Å². The van der Waals surface area contributed by atoms with Crippen LogP contribution in [-0.2, 0) is 0 Å². The van der Waals surface area contributed by atoms with Gasteiger partial charge < -0.3 is 10.6 Å². The molecule has 0 atom stereocenters. The van der Waals surface area contributed by atoms with Gasteiger partial charge in [0.25, 0.3) is 0 Å². The molecule has 3 aromatic rings. The number of anilines is 2. The predicted molar refractivity (Wildman–Crippen MR) is 86.4 cm³/mol. The van der Waals surface area contributed by atoms with E-state index in [0.717, 1.165) is 5.56 Å². The van der Waals surface area contributed by atoms with E-state index in [1.807, 2.05) is 12.1 Å². The third kappa shape index (κ3) is 4.19. The first kappa shape index (κ1) is 14.8. The van der Waals surface area contributed by atoms with Gasteiger partial charge in [-0.2, -0.15) is 0 Å². The Morgan fingerprint density at radius 1 is 0.826 bits per heavy atom. The fourth-order valence-corrected chi connectivity index (χ4v) is 1.96. The summed E-state index contributed by atoms with van der Waals surface area (Å²) in [6.45, 7) is 1.31. The Labute approximate surface area is 132 Å². The lowest BCUT2D eigenvalue weighted by Gasteiger charge is -2.07. The van der Waals surface area contributed by atoms with E-state index < -0.39 is 0 Å². The Kier molecular flexibility index (Phi) is 4.68. The van der Waals surface area contributed by atoms with Crippen molar-refractivity contribution in [1.29, 1.82) is 0 Å². The van der Waals surface area contributed by atoms with Crippen LogP contribution in [0.4, 0.5) is 16.2 Å². The van der Waals surface area contributed by atoms with Crippen molar-refractivity contribution in [3.05, 3.63) is 60.7 Å². The minimum absolute atomic E-state index is 0.269. The summed E-state index contributed by atoms with van der Waals surface area (Å²) in [6, 6.07) is 11.6. The van der Waals surface area contributed by atoms with Gasteiger partial charge in [0, 0.05) is 31.0 Å². The number of aromatic nitrogens is 4. The minimum Gasteiger partial charge on any atom is -0.367 e. The molecule has 23 heavy (non-hydrogen) atoms. The lowest BCUT2D eigenvalue weighted by Crippen LogP contribution is -2.15. The Balaban J connectivity index is 1.50. The summed E-state index contributed by atoms with van der Waals surface area (Å²) in [5, 5.41) is 14.5. The molecule has 0 saturated heterocycles. The minimum atomic E-state index is -0.269. The Morgan fingerprint density at radius 3 is 2.26 bits per heavy atom. The number of benzene rings is 1. The Bertz CT molecular complexity index is 731. The number of halogens is 1. The van der Waals surface area contributed by atoms with Crippen LogP contribution in [0.2, 0.25) is 0 Å². The van der Waals surface area contributed by atoms with Gasteiger partial charge in [-0.15, -0.1) is 10.2 Å². The third-order valence-corrected chi connectivity index (χ3v) is 3.08. The fourth-order valence-electron chi connectivity index (χ4n) is 1.96. The van der Waals surface area contributed by atoms with E-state index in [1.165, 1.54) is 12.1 Å². The van der Waals surface area contributed by atoms with Crippen molar-refractivity contribution in [3.8, 4) is 11.3 Å². The molecule has 6 nitrogen and oxygen atoms in total. The predicted octanol–water partition coefficient (Wildman–Crippen LogP) is 2.60. The maximum atomic E-state index is 12.9. The molecule has 0 aliphatic rings. The summed E-state index contributed by atoms with van der Waals surface area (Å²) >= 11 is 0. The van der Waals surface area contributed by atoms with Gasteiger partial charge in [-0.25, -0.2) is 14.4 Å². The molecule has 7 heteroatoms. The highest BCUT2D eigenvalue weighted by Crippen LogP contribution is 2.17. The first-order valence-electron chi connectivity index (χ1n) is 7.16. The smallest absolute Gasteiger partial charge is 0.222 e. The van der Waals surface area contributed by atoms with Gasteiger partial charge in [-0.05, 0) is 42.5 Å². The van der Waals surface area contributed by atoms with Gasteiger partial charge in [-0.1, -0.05) is 0 Å². The molecule has 0 aliphatic heterocycles. The van der Waals surface area contributed by atoms with Gasteiger partial charge in [-0.3, -0.25) is 0 Å². The van der Waals surface area contributed by atoms with Crippen LogP contribution in [0.1, 0.15) is 0 Å². The molecule has 0 fully saturated rings. The van der Waals surface area contributed by atoms with Gasteiger partial charge >= 0.3 is 0 Å². The van der Waals surface area contributed by atoms with E-state index in [1.54, 1.807) is 30.6 Å². The second kappa shape index (κ2) is 7.26. The molecular weight excluding hydrogens is 295 g/mol. The largest absolute Gasteiger partial charge is 0.367 e. The topological polar surface area (TPSA) is 75.6 Å². The van der Waals surface area contributed by atoms with Gasteiger partial charge in [0.2, 0.25) is 5.95 Å². The molecule has 0 radical (unpaired) electrons. The summed E-state index contributed by atoms with van der Waals surface area (Å²) in [4.78, 5) is 8.14. The van der Waals surface area contributed by atoms with Crippen molar-refractivity contribution < 1.29 is 4.39 Å². The zero-order valence-corrected chi connectivity index (χ0v) is 12.3. The quantitative estimate of drug-likeness (QED) is 0.682. The van der Waals surface area contributed by atoms with Crippen molar-refractivity contribution in [2.45, 2.75) is 0 Å². The molecule has 3 rings (SSSR count). The van der Waals surface area contributed by atoms with Crippen molar-refractivity contribution >= 4 is 11.8 Å². The summed E-state index contributed by atoms with van der Waals surface area (Å²) in [5.74, 6) is 0.994. The summed E-state index contributed by atoms with van der Waals surface area (Å²) in [7, 11) is 0. The van der Waals surface area contributed by atoms with E-state index in [-0.39, 0.29) is 5.82 Å². The zero-order chi connectivity index (χ0) is 15.9. The van der Waals surface area contributed by atoms with Crippen molar-refractivity contribution in [2.75, 3.05) is 23.7 Å². The van der Waals surface area contributed by atoms with Crippen molar-refractivity contribution in [3.63, 3.8) is 0 Å². The first-order chi connectivity index (χ1) is 11.3. The van der Waals surface area contributed by atoms with Crippen LogP contribution < -0.4 is 10.6 Å². The van der Waals surface area contributed by atoms with Crippen LogP contribution in [0.25, 0.3) is 11.3 Å². The second-order valence-electron chi connectivity index (χ2n) is 4.74. The van der Waals surface area contributed by atoms with Crippen LogP contribution in [0.3, 0.4) is 0 Å². The molecule has 0 amide bonds. The molecule has 2 N–H and O–H groups in total. The number of rotatable bonds is 6. The SMILES string of the molecule is Fc1ccc(-c2ccc(NCCNc3ncccn3)nn2)cc1. The summed E-state index contributed by atoms with van der Waals surface area (Å²) in [6.07, 6.45) is 3.37. The average molecular weight is 310 g/mol. The number of hydrogen-bond donors (Lipinski definition) is 2. The van der Waals surface area contributed by atoms with Gasteiger partial charge in [0.1, 0.15) is 11.6 Å². The van der Waals surface area contributed by atoms with E-state index >= 15 is 0 Å². The monoisotopic (exact) mass is 310 g/mol. The zero-order valence-electron chi connectivity index (χ0n) is 12.3. The molecule has 0 saturated carbocycles. The maximum absolute atomic E-state index is 12.9. The van der Waals surface area contributed by atoms with E-state index in [2.05, 4.69) is 30.8 Å². The summed E-state index contributed by atoms with van der Waals surface area (Å²) < 4.78 is 12.9. The number of nitrogens with one attached hydrogen (secondary N) is 2. The molecule has 0 aliphatic carbocycles. The first-order valence-corrected chi connectivity index (χ1v) is 7.16. The van der Waals surface area contributed by atoms with Crippen LogP contribution >= 0.6 is 0 Å². The molecule has 2 heterocycles. The molecule has 1 aromatic carbocycles. The third-order valence-electron chi connectivity index (χ3n) is 3.08. The lowest BCUT2D eigenvalue weighted by atomic mass is 10.1. The van der Waals surface area contributed by atoms with Crippen molar-refractivity contribution in [1.82, 2.24) is 20.2 Å². The standard InChI is InChI=1S/C16H15FN6/c17-13-4-2-12(3-5-13)14-6-7-15(23-22-14)18-10-11-21-16-19-8-1-9-20-16/h1-9H,10-11H2,(H,18,23)(H,19,20,21). The molecule has 0 spiro atoms.